The molecule has 142 valence electrons. The Kier molecular flexibility index (Phi) is 5.21. The molecule has 1 saturated carbocycles. The Morgan fingerprint density at radius 2 is 1.74 bits per heavy atom. The smallest absolute Gasteiger partial charge is 0.248 e. The number of hydrogen-bond donors (Lipinski definition) is 0. The van der Waals surface area contributed by atoms with E-state index in [2.05, 4.69) is 11.8 Å². The van der Waals surface area contributed by atoms with E-state index in [1.807, 2.05) is 26.0 Å². The van der Waals surface area contributed by atoms with Crippen LogP contribution in [0, 0.1) is 31.1 Å². The molecule has 0 unspecified atom stereocenters. The molecular formula is C22H25NO4. The van der Waals surface area contributed by atoms with Crippen LogP contribution >= 0.6 is 0 Å². The van der Waals surface area contributed by atoms with Crippen LogP contribution in [0.2, 0.25) is 0 Å². The molecule has 5 nitrogen and oxygen atoms in total. The highest BCUT2D eigenvalue weighted by atomic mass is 16.5. The Morgan fingerprint density at radius 1 is 1.19 bits per heavy atom. The topological polar surface area (TPSA) is 63.7 Å². The summed E-state index contributed by atoms with van der Waals surface area (Å²) in [6.45, 7) is 6.60. The maximum atomic E-state index is 13.0. The van der Waals surface area contributed by atoms with E-state index in [-0.39, 0.29) is 29.5 Å². The SMILES string of the molecule is CC#Cc1cc(C)c(C2C(=O)CC3(CC2=O)CN(C(=O)COC)C3)c(C)c1. The summed E-state index contributed by atoms with van der Waals surface area (Å²) in [7, 11) is 1.48. The van der Waals surface area contributed by atoms with Gasteiger partial charge in [0, 0.05) is 44.0 Å². The lowest BCUT2D eigenvalue weighted by Crippen LogP contribution is -2.62. The Balaban J connectivity index is 1.80. The summed E-state index contributed by atoms with van der Waals surface area (Å²) < 4.78 is 4.87. The van der Waals surface area contributed by atoms with Crippen LogP contribution in [0.1, 0.15) is 47.9 Å². The van der Waals surface area contributed by atoms with Gasteiger partial charge in [0.15, 0.2) is 0 Å². The van der Waals surface area contributed by atoms with Gasteiger partial charge in [-0.25, -0.2) is 0 Å². The number of hydrogen-bond acceptors (Lipinski definition) is 4. The second kappa shape index (κ2) is 7.28. The van der Waals surface area contributed by atoms with Crippen LogP contribution in [0.3, 0.4) is 0 Å². The average Bonchev–Trinajstić information content (AvgIpc) is 2.54. The summed E-state index contributed by atoms with van der Waals surface area (Å²) >= 11 is 0. The van der Waals surface area contributed by atoms with Gasteiger partial charge in [-0.05, 0) is 49.6 Å². The Hall–Kier alpha value is -2.45. The van der Waals surface area contributed by atoms with E-state index in [4.69, 9.17) is 4.74 Å². The third kappa shape index (κ3) is 3.54. The summed E-state index contributed by atoms with van der Waals surface area (Å²) in [6, 6.07) is 3.89. The van der Waals surface area contributed by atoms with Crippen LogP contribution in [0.25, 0.3) is 0 Å². The average molecular weight is 367 g/mol. The lowest BCUT2D eigenvalue weighted by Gasteiger charge is -2.52. The minimum absolute atomic E-state index is 0.0337. The number of rotatable bonds is 3. The number of amides is 1. The van der Waals surface area contributed by atoms with E-state index in [1.54, 1.807) is 11.8 Å². The zero-order valence-electron chi connectivity index (χ0n) is 16.3. The lowest BCUT2D eigenvalue weighted by atomic mass is 9.63. The van der Waals surface area contributed by atoms with Crippen molar-refractivity contribution in [3.63, 3.8) is 0 Å². The summed E-state index contributed by atoms with van der Waals surface area (Å²) in [5.41, 5.74) is 3.20. The monoisotopic (exact) mass is 367 g/mol. The van der Waals surface area contributed by atoms with Gasteiger partial charge in [0.05, 0.1) is 0 Å². The summed E-state index contributed by atoms with van der Waals surface area (Å²) in [5, 5.41) is 0. The van der Waals surface area contributed by atoms with Crippen molar-refractivity contribution in [3.05, 3.63) is 34.4 Å². The number of methoxy groups -OCH3 is 1. The zero-order valence-corrected chi connectivity index (χ0v) is 16.3. The van der Waals surface area contributed by atoms with Crippen molar-refractivity contribution >= 4 is 17.5 Å². The standard InChI is InChI=1S/C22H25NO4/c1-5-6-16-7-14(2)20(15(3)8-16)21-17(24)9-22(10-18(21)25)12-23(13-22)19(26)11-27-4/h7-8,21H,9-13H2,1-4H3. The third-order valence-corrected chi connectivity index (χ3v) is 5.57. The highest BCUT2D eigenvalue weighted by Crippen LogP contribution is 2.46. The maximum Gasteiger partial charge on any atom is 0.248 e. The molecule has 1 aromatic carbocycles. The van der Waals surface area contributed by atoms with Gasteiger partial charge in [0.25, 0.3) is 0 Å². The molecule has 0 N–H and O–H groups in total. The molecule has 1 spiro atoms. The number of carbonyl (C=O) groups excluding carboxylic acids is 3. The van der Waals surface area contributed by atoms with Crippen molar-refractivity contribution in [2.45, 2.75) is 39.5 Å². The molecule has 3 rings (SSSR count). The quantitative estimate of drug-likeness (QED) is 0.607. The minimum Gasteiger partial charge on any atom is -0.375 e. The van der Waals surface area contributed by atoms with E-state index in [0.29, 0.717) is 25.9 Å². The third-order valence-electron chi connectivity index (χ3n) is 5.57. The second-order valence-corrected chi connectivity index (χ2v) is 7.80. The van der Waals surface area contributed by atoms with Crippen LogP contribution in [0.4, 0.5) is 0 Å². The van der Waals surface area contributed by atoms with E-state index < -0.39 is 5.92 Å². The van der Waals surface area contributed by atoms with E-state index in [9.17, 15) is 14.4 Å². The summed E-state index contributed by atoms with van der Waals surface area (Å²) in [6.07, 6.45) is 0.686. The van der Waals surface area contributed by atoms with Crippen molar-refractivity contribution in [3.8, 4) is 11.8 Å². The molecule has 1 aliphatic carbocycles. The first-order chi connectivity index (χ1) is 12.8. The lowest BCUT2D eigenvalue weighted by molar-refractivity contribution is -0.157. The number of Topliss-reactive ketones (excluding diaryl/α,β-unsaturated/α-hetero) is 2. The van der Waals surface area contributed by atoms with Gasteiger partial charge in [0.1, 0.15) is 24.1 Å². The predicted molar refractivity (Wildman–Crippen MR) is 101 cm³/mol. The summed E-state index contributed by atoms with van der Waals surface area (Å²) in [4.78, 5) is 39.5. The fraction of sp³-hybridized carbons (Fsp3) is 0.500. The van der Waals surface area contributed by atoms with Crippen LogP contribution in [0.15, 0.2) is 12.1 Å². The number of ketones is 2. The Bertz CT molecular complexity index is 825. The first-order valence-corrected chi connectivity index (χ1v) is 9.16. The van der Waals surface area contributed by atoms with E-state index in [1.165, 1.54) is 7.11 Å². The van der Waals surface area contributed by atoms with Crippen molar-refractivity contribution in [2.75, 3.05) is 26.8 Å². The van der Waals surface area contributed by atoms with Crippen LogP contribution in [-0.2, 0) is 19.1 Å². The number of ether oxygens (including phenoxy) is 1. The number of carbonyl (C=O) groups is 3. The molecule has 2 fully saturated rings. The van der Waals surface area contributed by atoms with Gasteiger partial charge in [-0.2, -0.15) is 0 Å². The molecule has 2 aliphatic rings. The van der Waals surface area contributed by atoms with Crippen molar-refractivity contribution < 1.29 is 19.1 Å². The molecule has 1 heterocycles. The van der Waals surface area contributed by atoms with E-state index >= 15 is 0 Å². The number of aryl methyl sites for hydroxylation is 2. The number of nitrogens with zero attached hydrogens (tertiary/aromatic N) is 1. The highest BCUT2D eigenvalue weighted by molar-refractivity contribution is 6.11. The molecule has 1 amide bonds. The Morgan fingerprint density at radius 3 is 2.22 bits per heavy atom. The number of benzene rings is 1. The molecular weight excluding hydrogens is 342 g/mol. The second-order valence-electron chi connectivity index (χ2n) is 7.80. The van der Waals surface area contributed by atoms with Gasteiger partial charge in [-0.1, -0.05) is 5.92 Å². The van der Waals surface area contributed by atoms with Crippen molar-refractivity contribution in [2.24, 2.45) is 5.41 Å². The zero-order chi connectivity index (χ0) is 19.8. The van der Waals surface area contributed by atoms with Gasteiger partial charge < -0.3 is 9.64 Å². The molecule has 0 aromatic heterocycles. The minimum atomic E-state index is -0.692. The molecule has 0 radical (unpaired) electrons. The van der Waals surface area contributed by atoms with Crippen LogP contribution < -0.4 is 0 Å². The van der Waals surface area contributed by atoms with Gasteiger partial charge in [-0.3, -0.25) is 14.4 Å². The molecule has 1 saturated heterocycles. The Labute approximate surface area is 160 Å². The van der Waals surface area contributed by atoms with Crippen molar-refractivity contribution in [1.29, 1.82) is 0 Å². The fourth-order valence-corrected chi connectivity index (χ4v) is 4.53. The molecule has 1 aromatic rings. The molecule has 0 bridgehead atoms. The molecule has 27 heavy (non-hydrogen) atoms. The normalized spacial score (nSPS) is 18.9. The summed E-state index contributed by atoms with van der Waals surface area (Å²) in [5.74, 6) is 5.05. The first kappa shape index (κ1) is 19.3. The highest BCUT2D eigenvalue weighted by Gasteiger charge is 2.53. The number of likely N-dealkylation sites (tertiary alicyclic amines) is 1. The molecule has 1 aliphatic heterocycles. The van der Waals surface area contributed by atoms with Gasteiger partial charge >= 0.3 is 0 Å². The van der Waals surface area contributed by atoms with Crippen LogP contribution in [-0.4, -0.2) is 49.2 Å². The van der Waals surface area contributed by atoms with Gasteiger partial charge in [0.2, 0.25) is 5.91 Å². The molecule has 5 heteroatoms. The van der Waals surface area contributed by atoms with Gasteiger partial charge in [-0.15, -0.1) is 5.92 Å². The fourth-order valence-electron chi connectivity index (χ4n) is 4.53. The predicted octanol–water partition coefficient (Wildman–Crippen LogP) is 2.17. The largest absolute Gasteiger partial charge is 0.375 e. The first-order valence-electron chi connectivity index (χ1n) is 9.16. The van der Waals surface area contributed by atoms with Crippen LogP contribution in [0.5, 0.6) is 0 Å². The van der Waals surface area contributed by atoms with Crippen molar-refractivity contribution in [1.82, 2.24) is 4.90 Å². The molecule has 0 atom stereocenters. The van der Waals surface area contributed by atoms with E-state index in [0.717, 1.165) is 22.3 Å². The maximum absolute atomic E-state index is 13.0.